The normalized spacial score (nSPS) is 9.80. The van der Waals surface area contributed by atoms with Crippen molar-refractivity contribution in [1.29, 1.82) is 0 Å². The van der Waals surface area contributed by atoms with Crippen LogP contribution in [0.5, 0.6) is 5.75 Å². The molecule has 0 amide bonds. The molecule has 3 nitrogen and oxygen atoms in total. The summed E-state index contributed by atoms with van der Waals surface area (Å²) in [7, 11) is 0. The van der Waals surface area contributed by atoms with E-state index in [4.69, 9.17) is 22.4 Å². The van der Waals surface area contributed by atoms with Crippen LogP contribution in [-0.4, -0.2) is 10.1 Å². The van der Waals surface area contributed by atoms with Gasteiger partial charge in [0.15, 0.2) is 11.6 Å². The Hall–Kier alpha value is -0.480. The van der Waals surface area contributed by atoms with Gasteiger partial charge in [0.2, 0.25) is 0 Å². The van der Waals surface area contributed by atoms with Gasteiger partial charge in [0.1, 0.15) is 5.15 Å². The Morgan fingerprint density at radius 1 is 1.70 bits per heavy atom. The summed E-state index contributed by atoms with van der Waals surface area (Å²) in [5.74, 6) is -0.0375. The van der Waals surface area contributed by atoms with Gasteiger partial charge in [-0.3, -0.25) is 0 Å². The highest BCUT2D eigenvalue weighted by molar-refractivity contribution is 9.10. The van der Waals surface area contributed by atoms with Crippen LogP contribution in [0.25, 0.3) is 0 Å². The molecule has 0 aromatic carbocycles. The zero-order valence-electron chi connectivity index (χ0n) is 4.81. The summed E-state index contributed by atoms with van der Waals surface area (Å²) in [5.41, 5.74) is 5.22. The molecule has 1 heterocycles. The average molecular weight is 223 g/mol. The molecule has 1 aromatic heterocycles. The van der Waals surface area contributed by atoms with Crippen molar-refractivity contribution in [2.24, 2.45) is 0 Å². The first kappa shape index (κ1) is 7.63. The van der Waals surface area contributed by atoms with E-state index in [1.807, 2.05) is 0 Å². The zero-order valence-corrected chi connectivity index (χ0v) is 7.15. The molecule has 0 aliphatic heterocycles. The minimum Gasteiger partial charge on any atom is -0.504 e. The van der Waals surface area contributed by atoms with E-state index in [2.05, 4.69) is 20.9 Å². The third-order valence-electron chi connectivity index (χ3n) is 0.942. The lowest BCUT2D eigenvalue weighted by atomic mass is 10.4. The SMILES string of the molecule is Nc1nc(Cl)c(Br)cc1O. The van der Waals surface area contributed by atoms with Crippen molar-refractivity contribution in [3.8, 4) is 5.75 Å². The minimum absolute atomic E-state index is 0.0354. The first-order chi connectivity index (χ1) is 4.61. The second-order valence-electron chi connectivity index (χ2n) is 1.67. The van der Waals surface area contributed by atoms with E-state index >= 15 is 0 Å². The Bertz CT molecular complexity index is 216. The fourth-order valence-electron chi connectivity index (χ4n) is 0.470. The Balaban J connectivity index is 3.28. The molecule has 0 unspecified atom stereocenters. The monoisotopic (exact) mass is 222 g/mol. The number of aromatic nitrogens is 1. The third kappa shape index (κ3) is 1.33. The van der Waals surface area contributed by atoms with Crippen molar-refractivity contribution in [2.75, 3.05) is 5.73 Å². The zero-order chi connectivity index (χ0) is 7.72. The summed E-state index contributed by atoms with van der Waals surface area (Å²) >= 11 is 8.61. The minimum atomic E-state index is -0.0729. The molecule has 0 saturated carbocycles. The number of nitrogens with zero attached hydrogens (tertiary/aromatic N) is 1. The van der Waals surface area contributed by atoms with Crippen LogP contribution < -0.4 is 5.73 Å². The first-order valence-electron chi connectivity index (χ1n) is 2.41. The van der Waals surface area contributed by atoms with Crippen molar-refractivity contribution in [2.45, 2.75) is 0 Å². The van der Waals surface area contributed by atoms with Gasteiger partial charge in [0.05, 0.1) is 4.47 Å². The van der Waals surface area contributed by atoms with Crippen LogP contribution in [0.4, 0.5) is 5.82 Å². The predicted molar refractivity (Wildman–Crippen MR) is 43.0 cm³/mol. The highest BCUT2D eigenvalue weighted by Crippen LogP contribution is 2.27. The number of pyridine rings is 1. The maximum Gasteiger partial charge on any atom is 0.167 e. The van der Waals surface area contributed by atoms with Gasteiger partial charge in [-0.2, -0.15) is 0 Å². The molecule has 1 rings (SSSR count). The van der Waals surface area contributed by atoms with Gasteiger partial charge >= 0.3 is 0 Å². The largest absolute Gasteiger partial charge is 0.504 e. The third-order valence-corrected chi connectivity index (χ3v) is 2.06. The number of hydrogen-bond donors (Lipinski definition) is 2. The lowest BCUT2D eigenvalue weighted by Crippen LogP contribution is -1.90. The van der Waals surface area contributed by atoms with Gasteiger partial charge in [-0.15, -0.1) is 0 Å². The van der Waals surface area contributed by atoms with Crippen molar-refractivity contribution in [3.05, 3.63) is 15.7 Å². The maximum absolute atomic E-state index is 8.95. The number of hydrogen-bond acceptors (Lipinski definition) is 3. The van der Waals surface area contributed by atoms with Gasteiger partial charge in [-0.1, -0.05) is 11.6 Å². The van der Waals surface area contributed by atoms with Crippen LogP contribution in [0.2, 0.25) is 5.15 Å². The van der Waals surface area contributed by atoms with Gasteiger partial charge in [-0.25, -0.2) is 4.98 Å². The Kier molecular flexibility index (Phi) is 2.01. The Labute approximate surface area is 71.0 Å². The molecule has 5 heteroatoms. The smallest absolute Gasteiger partial charge is 0.167 e. The molecule has 0 atom stereocenters. The number of anilines is 1. The second kappa shape index (κ2) is 2.64. The van der Waals surface area contributed by atoms with Crippen LogP contribution in [0.3, 0.4) is 0 Å². The Morgan fingerprint density at radius 3 is 2.80 bits per heavy atom. The quantitative estimate of drug-likeness (QED) is 0.659. The molecule has 0 saturated heterocycles. The molecule has 3 N–H and O–H groups in total. The van der Waals surface area contributed by atoms with E-state index in [0.717, 1.165) is 0 Å². The molecule has 0 fully saturated rings. The molecular weight excluding hydrogens is 219 g/mol. The van der Waals surface area contributed by atoms with Crippen LogP contribution in [0, 0.1) is 0 Å². The molecule has 0 radical (unpaired) electrons. The van der Waals surface area contributed by atoms with E-state index in [9.17, 15) is 0 Å². The van der Waals surface area contributed by atoms with Crippen molar-refractivity contribution >= 4 is 33.3 Å². The highest BCUT2D eigenvalue weighted by Gasteiger charge is 2.03. The van der Waals surface area contributed by atoms with Crippen LogP contribution in [0.1, 0.15) is 0 Å². The standard InChI is InChI=1S/C5H4BrClN2O/c6-2-1-3(10)5(8)9-4(2)7/h1,10H,(H2,8,9). The molecular formula is C5H4BrClN2O. The van der Waals surface area contributed by atoms with Gasteiger partial charge in [-0.05, 0) is 15.9 Å². The van der Waals surface area contributed by atoms with Crippen LogP contribution in [-0.2, 0) is 0 Å². The summed E-state index contributed by atoms with van der Waals surface area (Å²) < 4.78 is 0.529. The highest BCUT2D eigenvalue weighted by atomic mass is 79.9. The van der Waals surface area contributed by atoms with E-state index in [1.165, 1.54) is 6.07 Å². The number of halogens is 2. The van der Waals surface area contributed by atoms with E-state index < -0.39 is 0 Å². The number of nitrogen functional groups attached to an aromatic ring is 1. The average Bonchev–Trinajstić information content (AvgIpc) is 1.84. The molecule has 0 bridgehead atoms. The molecule has 0 aliphatic rings. The van der Waals surface area contributed by atoms with Crippen molar-refractivity contribution < 1.29 is 5.11 Å². The second-order valence-corrected chi connectivity index (χ2v) is 2.88. The summed E-state index contributed by atoms with van der Waals surface area (Å²) in [5, 5.41) is 9.19. The van der Waals surface area contributed by atoms with Crippen LogP contribution in [0.15, 0.2) is 10.5 Å². The first-order valence-corrected chi connectivity index (χ1v) is 3.59. The fourth-order valence-corrected chi connectivity index (χ4v) is 0.921. The molecule has 0 aliphatic carbocycles. The molecule has 10 heavy (non-hydrogen) atoms. The summed E-state index contributed by atoms with van der Waals surface area (Å²) in [6.45, 7) is 0. The fraction of sp³-hybridized carbons (Fsp3) is 0. The lowest BCUT2D eigenvalue weighted by molar-refractivity contribution is 0.475. The van der Waals surface area contributed by atoms with Gasteiger partial charge < -0.3 is 10.8 Å². The topological polar surface area (TPSA) is 59.1 Å². The predicted octanol–water partition coefficient (Wildman–Crippen LogP) is 1.79. The van der Waals surface area contributed by atoms with Crippen LogP contribution >= 0.6 is 27.5 Å². The summed E-state index contributed by atoms with van der Waals surface area (Å²) in [4.78, 5) is 3.62. The van der Waals surface area contributed by atoms with Gasteiger partial charge in [0, 0.05) is 6.07 Å². The van der Waals surface area contributed by atoms with Crippen molar-refractivity contribution in [1.82, 2.24) is 4.98 Å². The number of rotatable bonds is 0. The molecule has 54 valence electrons. The molecule has 1 aromatic rings. The van der Waals surface area contributed by atoms with E-state index in [-0.39, 0.29) is 16.7 Å². The Morgan fingerprint density at radius 2 is 2.30 bits per heavy atom. The summed E-state index contributed by atoms with van der Waals surface area (Å²) in [6, 6.07) is 1.39. The van der Waals surface area contributed by atoms with E-state index in [1.54, 1.807) is 0 Å². The molecule has 0 spiro atoms. The number of aromatic hydroxyl groups is 1. The lowest BCUT2D eigenvalue weighted by Gasteiger charge is -1.98. The summed E-state index contributed by atoms with van der Waals surface area (Å²) in [6.07, 6.45) is 0. The number of nitrogens with two attached hydrogens (primary N) is 1. The van der Waals surface area contributed by atoms with E-state index in [0.29, 0.717) is 4.47 Å². The van der Waals surface area contributed by atoms with Crippen molar-refractivity contribution in [3.63, 3.8) is 0 Å². The maximum atomic E-state index is 8.95. The van der Waals surface area contributed by atoms with Gasteiger partial charge in [0.25, 0.3) is 0 Å².